The van der Waals surface area contributed by atoms with Crippen molar-refractivity contribution in [3.05, 3.63) is 23.8 Å². The maximum atomic E-state index is 12.7. The highest BCUT2D eigenvalue weighted by Gasteiger charge is 2.30. The Morgan fingerprint density at radius 3 is 2.18 bits per heavy atom. The van der Waals surface area contributed by atoms with Crippen molar-refractivity contribution in [1.29, 1.82) is 0 Å². The predicted octanol–water partition coefficient (Wildman–Crippen LogP) is 2.71. The van der Waals surface area contributed by atoms with Crippen molar-refractivity contribution >= 4 is 30.7 Å². The number of rotatable bonds is 5. The molecular formula is C20H33Cl2N3O3. The molecule has 2 unspecified atom stereocenters. The second kappa shape index (κ2) is 11.7. The fraction of sp³-hybridized carbons (Fsp3) is 0.650. The van der Waals surface area contributed by atoms with Crippen molar-refractivity contribution in [3.63, 3.8) is 0 Å². The van der Waals surface area contributed by atoms with E-state index in [0.717, 1.165) is 69.9 Å². The van der Waals surface area contributed by atoms with Gasteiger partial charge in [-0.05, 0) is 37.0 Å². The summed E-state index contributed by atoms with van der Waals surface area (Å²) >= 11 is 0. The second-order valence-corrected chi connectivity index (χ2v) is 7.45. The highest BCUT2D eigenvalue weighted by atomic mass is 35.5. The van der Waals surface area contributed by atoms with E-state index in [4.69, 9.17) is 15.2 Å². The third-order valence-corrected chi connectivity index (χ3v) is 5.57. The van der Waals surface area contributed by atoms with Crippen LogP contribution >= 0.6 is 24.8 Å². The van der Waals surface area contributed by atoms with E-state index in [1.54, 1.807) is 14.2 Å². The van der Waals surface area contributed by atoms with Gasteiger partial charge in [0.2, 0.25) is 5.91 Å². The molecule has 1 amide bonds. The smallest absolute Gasteiger partial charge is 0.225 e. The lowest BCUT2D eigenvalue weighted by atomic mass is 9.85. The number of nitrogens with two attached hydrogens (primary N) is 1. The highest BCUT2D eigenvalue weighted by Crippen LogP contribution is 2.26. The van der Waals surface area contributed by atoms with Crippen LogP contribution in [0.15, 0.2) is 18.2 Å². The van der Waals surface area contributed by atoms with Crippen molar-refractivity contribution in [2.75, 3.05) is 40.4 Å². The molecule has 0 spiro atoms. The number of halogens is 2. The van der Waals surface area contributed by atoms with Crippen LogP contribution in [0, 0.1) is 5.92 Å². The Kier molecular flexibility index (Phi) is 10.4. The topological polar surface area (TPSA) is 68.0 Å². The Balaban J connectivity index is 0.00000196. The number of piperazine rings is 1. The lowest BCUT2D eigenvalue weighted by Gasteiger charge is -2.37. The van der Waals surface area contributed by atoms with Crippen molar-refractivity contribution in [3.8, 4) is 11.5 Å². The second-order valence-electron chi connectivity index (χ2n) is 7.45. The highest BCUT2D eigenvalue weighted by molar-refractivity contribution is 5.85. The van der Waals surface area contributed by atoms with Gasteiger partial charge in [-0.15, -0.1) is 24.8 Å². The molecule has 1 saturated carbocycles. The molecule has 28 heavy (non-hydrogen) atoms. The average molecular weight is 434 g/mol. The Morgan fingerprint density at radius 1 is 1.04 bits per heavy atom. The minimum absolute atomic E-state index is 0. The molecule has 1 aromatic rings. The Bertz CT molecular complexity index is 602. The first-order chi connectivity index (χ1) is 12.6. The molecule has 0 aromatic heterocycles. The maximum absolute atomic E-state index is 12.7. The lowest BCUT2D eigenvalue weighted by molar-refractivity contribution is -0.138. The van der Waals surface area contributed by atoms with E-state index in [9.17, 15) is 4.79 Å². The van der Waals surface area contributed by atoms with Crippen molar-refractivity contribution in [2.24, 2.45) is 11.7 Å². The summed E-state index contributed by atoms with van der Waals surface area (Å²) in [6.07, 6.45) is 3.98. The molecule has 6 nitrogen and oxygen atoms in total. The van der Waals surface area contributed by atoms with Gasteiger partial charge in [-0.3, -0.25) is 9.69 Å². The number of hydrogen-bond donors (Lipinski definition) is 1. The number of methoxy groups -OCH3 is 2. The van der Waals surface area contributed by atoms with Gasteiger partial charge in [0.25, 0.3) is 0 Å². The summed E-state index contributed by atoms with van der Waals surface area (Å²) < 4.78 is 10.7. The first-order valence-electron chi connectivity index (χ1n) is 9.57. The van der Waals surface area contributed by atoms with E-state index in [1.807, 2.05) is 23.1 Å². The number of benzene rings is 1. The first kappa shape index (κ1) is 24.8. The fourth-order valence-corrected chi connectivity index (χ4v) is 4.05. The van der Waals surface area contributed by atoms with Crippen LogP contribution < -0.4 is 15.2 Å². The van der Waals surface area contributed by atoms with Crippen LogP contribution in [-0.2, 0) is 11.3 Å². The number of ether oxygens (including phenoxy) is 2. The van der Waals surface area contributed by atoms with E-state index in [-0.39, 0.29) is 36.8 Å². The zero-order chi connectivity index (χ0) is 18.5. The number of hydrogen-bond acceptors (Lipinski definition) is 5. The van der Waals surface area contributed by atoms with Gasteiger partial charge in [0.05, 0.1) is 14.2 Å². The molecule has 2 N–H and O–H groups in total. The minimum Gasteiger partial charge on any atom is -0.497 e. The third-order valence-electron chi connectivity index (χ3n) is 5.57. The lowest BCUT2D eigenvalue weighted by Crippen LogP contribution is -2.50. The van der Waals surface area contributed by atoms with E-state index < -0.39 is 0 Å². The zero-order valence-electron chi connectivity index (χ0n) is 16.8. The third kappa shape index (κ3) is 6.41. The Morgan fingerprint density at radius 2 is 1.64 bits per heavy atom. The number of carbonyl (C=O) groups is 1. The molecule has 1 aromatic carbocycles. The molecule has 2 atom stereocenters. The van der Waals surface area contributed by atoms with Crippen LogP contribution in [0.2, 0.25) is 0 Å². The standard InChI is InChI=1S/C20H31N3O3.2ClH/c1-25-18-10-15(11-19(13-18)26-2)14-22-6-8-23(9-7-22)20(24)16-4-3-5-17(21)12-16;;/h10-11,13,16-17H,3-9,12,14,21H2,1-2H3;2*1H. The predicted molar refractivity (Wildman–Crippen MR) is 116 cm³/mol. The molecule has 2 aliphatic rings. The summed E-state index contributed by atoms with van der Waals surface area (Å²) in [7, 11) is 3.33. The quantitative estimate of drug-likeness (QED) is 0.772. The monoisotopic (exact) mass is 433 g/mol. The molecule has 2 fully saturated rings. The molecule has 160 valence electrons. The summed E-state index contributed by atoms with van der Waals surface area (Å²) in [5, 5.41) is 0. The Hall–Kier alpha value is -1.21. The summed E-state index contributed by atoms with van der Waals surface area (Å²) in [6, 6.07) is 6.17. The minimum atomic E-state index is 0. The first-order valence-corrected chi connectivity index (χ1v) is 9.57. The van der Waals surface area contributed by atoms with Crippen LogP contribution in [0.1, 0.15) is 31.2 Å². The van der Waals surface area contributed by atoms with Gasteiger partial charge in [0.15, 0.2) is 0 Å². The van der Waals surface area contributed by atoms with Crippen LogP contribution in [0.4, 0.5) is 0 Å². The molecule has 1 saturated heterocycles. The summed E-state index contributed by atoms with van der Waals surface area (Å²) in [4.78, 5) is 17.2. The van der Waals surface area contributed by atoms with E-state index in [1.165, 1.54) is 5.56 Å². The number of carbonyl (C=O) groups excluding carboxylic acids is 1. The average Bonchev–Trinajstić information content (AvgIpc) is 2.67. The molecule has 1 aliphatic carbocycles. The molecule has 1 aliphatic heterocycles. The molecule has 8 heteroatoms. The molecular weight excluding hydrogens is 401 g/mol. The zero-order valence-corrected chi connectivity index (χ0v) is 18.4. The van der Waals surface area contributed by atoms with Crippen molar-refractivity contribution in [1.82, 2.24) is 9.80 Å². The molecule has 0 radical (unpaired) electrons. The SMILES string of the molecule is COc1cc(CN2CCN(C(=O)C3CCCC(N)C3)CC2)cc(OC)c1.Cl.Cl. The number of amides is 1. The van der Waals surface area contributed by atoms with Crippen molar-refractivity contribution in [2.45, 2.75) is 38.3 Å². The van der Waals surface area contributed by atoms with Crippen molar-refractivity contribution < 1.29 is 14.3 Å². The van der Waals surface area contributed by atoms with E-state index >= 15 is 0 Å². The Labute approximate surface area is 180 Å². The van der Waals surface area contributed by atoms with E-state index in [2.05, 4.69) is 4.90 Å². The van der Waals surface area contributed by atoms with Gasteiger partial charge < -0.3 is 20.1 Å². The van der Waals surface area contributed by atoms with Crippen LogP contribution in [-0.4, -0.2) is 62.1 Å². The summed E-state index contributed by atoms with van der Waals surface area (Å²) in [6.45, 7) is 4.22. The van der Waals surface area contributed by atoms with Crippen LogP contribution in [0.25, 0.3) is 0 Å². The molecule has 0 bridgehead atoms. The van der Waals surface area contributed by atoms with Gasteiger partial charge in [0, 0.05) is 50.7 Å². The van der Waals surface area contributed by atoms with Gasteiger partial charge in [-0.2, -0.15) is 0 Å². The molecule has 1 heterocycles. The van der Waals surface area contributed by atoms with Gasteiger partial charge >= 0.3 is 0 Å². The molecule has 3 rings (SSSR count). The summed E-state index contributed by atoms with van der Waals surface area (Å²) in [5.41, 5.74) is 7.21. The largest absolute Gasteiger partial charge is 0.497 e. The van der Waals surface area contributed by atoms with Crippen LogP contribution in [0.5, 0.6) is 11.5 Å². The van der Waals surface area contributed by atoms with Gasteiger partial charge in [-0.1, -0.05) is 6.42 Å². The maximum Gasteiger partial charge on any atom is 0.225 e. The van der Waals surface area contributed by atoms with Crippen LogP contribution in [0.3, 0.4) is 0 Å². The fourth-order valence-electron chi connectivity index (χ4n) is 4.05. The normalized spacial score (nSPS) is 22.6. The summed E-state index contributed by atoms with van der Waals surface area (Å²) in [5.74, 6) is 2.05. The van der Waals surface area contributed by atoms with Gasteiger partial charge in [0.1, 0.15) is 11.5 Å². The number of nitrogens with zero attached hydrogens (tertiary/aromatic N) is 2. The van der Waals surface area contributed by atoms with E-state index in [0.29, 0.717) is 5.91 Å². The van der Waals surface area contributed by atoms with Gasteiger partial charge in [-0.25, -0.2) is 0 Å².